The molecule has 0 bridgehead atoms. The number of likely N-dealkylation sites (tertiary alicyclic amines) is 1. The van der Waals surface area contributed by atoms with Gasteiger partial charge in [-0.3, -0.25) is 4.90 Å². The lowest BCUT2D eigenvalue weighted by Gasteiger charge is -2.41. The van der Waals surface area contributed by atoms with Crippen molar-refractivity contribution in [3.63, 3.8) is 0 Å². The minimum atomic E-state index is 0.470. The third-order valence-corrected chi connectivity index (χ3v) is 4.17. The molecule has 1 aliphatic rings. The fraction of sp³-hybridized carbons (Fsp3) is 1.00. The Balaban J connectivity index is 2.40. The van der Waals surface area contributed by atoms with Gasteiger partial charge in [-0.25, -0.2) is 0 Å². The summed E-state index contributed by atoms with van der Waals surface area (Å²) in [6.45, 7) is 12.7. The molecule has 0 aromatic carbocycles. The summed E-state index contributed by atoms with van der Waals surface area (Å²) in [6, 6.07) is 0.647. The van der Waals surface area contributed by atoms with Gasteiger partial charge in [0, 0.05) is 12.6 Å². The van der Waals surface area contributed by atoms with Crippen LogP contribution in [-0.2, 0) is 0 Å². The Morgan fingerprint density at radius 1 is 1.29 bits per heavy atom. The zero-order valence-electron chi connectivity index (χ0n) is 12.3. The van der Waals surface area contributed by atoms with Crippen LogP contribution in [0.5, 0.6) is 0 Å². The van der Waals surface area contributed by atoms with Gasteiger partial charge in [-0.1, -0.05) is 34.1 Å². The first-order valence-electron chi connectivity index (χ1n) is 7.42. The maximum atomic E-state index is 5.98. The molecule has 1 saturated heterocycles. The first-order valence-corrected chi connectivity index (χ1v) is 7.42. The van der Waals surface area contributed by atoms with Gasteiger partial charge in [-0.15, -0.1) is 0 Å². The first-order chi connectivity index (χ1) is 7.98. The number of hydrogen-bond donors (Lipinski definition) is 1. The number of piperidine rings is 1. The maximum Gasteiger partial charge on any atom is 0.0246 e. The fourth-order valence-electron chi connectivity index (χ4n) is 3.12. The van der Waals surface area contributed by atoms with Crippen LogP contribution in [0.2, 0.25) is 0 Å². The fourth-order valence-corrected chi connectivity index (χ4v) is 3.12. The van der Waals surface area contributed by atoms with Gasteiger partial charge in [0.25, 0.3) is 0 Å². The quantitative estimate of drug-likeness (QED) is 0.799. The SMILES string of the molecule is CCC1CCCN(CCCC(C)(C)C)C1CN. The maximum absolute atomic E-state index is 5.98. The highest BCUT2D eigenvalue weighted by Gasteiger charge is 2.28. The number of hydrogen-bond acceptors (Lipinski definition) is 2. The van der Waals surface area contributed by atoms with E-state index >= 15 is 0 Å². The van der Waals surface area contributed by atoms with E-state index in [0.717, 1.165) is 12.5 Å². The third kappa shape index (κ3) is 4.97. The average Bonchev–Trinajstić information content (AvgIpc) is 2.27. The topological polar surface area (TPSA) is 29.3 Å². The van der Waals surface area contributed by atoms with Crippen molar-refractivity contribution in [2.24, 2.45) is 17.1 Å². The normalized spacial score (nSPS) is 27.4. The molecule has 2 atom stereocenters. The van der Waals surface area contributed by atoms with Crippen molar-refractivity contribution in [1.82, 2.24) is 4.90 Å². The number of nitrogens with zero attached hydrogens (tertiary/aromatic N) is 1. The highest BCUT2D eigenvalue weighted by Crippen LogP contribution is 2.27. The van der Waals surface area contributed by atoms with Gasteiger partial charge in [-0.05, 0) is 50.1 Å². The van der Waals surface area contributed by atoms with Gasteiger partial charge in [-0.2, -0.15) is 0 Å². The second-order valence-electron chi connectivity index (χ2n) is 6.81. The van der Waals surface area contributed by atoms with Crippen LogP contribution in [-0.4, -0.2) is 30.6 Å². The van der Waals surface area contributed by atoms with E-state index in [1.165, 1.54) is 45.2 Å². The Labute approximate surface area is 108 Å². The Morgan fingerprint density at radius 3 is 2.53 bits per heavy atom. The molecular formula is C15H32N2. The average molecular weight is 240 g/mol. The molecular weight excluding hydrogens is 208 g/mol. The molecule has 0 radical (unpaired) electrons. The van der Waals surface area contributed by atoms with E-state index in [2.05, 4.69) is 32.6 Å². The van der Waals surface area contributed by atoms with E-state index in [9.17, 15) is 0 Å². The van der Waals surface area contributed by atoms with Crippen molar-refractivity contribution in [3.8, 4) is 0 Å². The summed E-state index contributed by atoms with van der Waals surface area (Å²) in [6.07, 6.45) is 6.67. The lowest BCUT2D eigenvalue weighted by molar-refractivity contribution is 0.0905. The van der Waals surface area contributed by atoms with E-state index in [1.807, 2.05) is 0 Å². The molecule has 0 aliphatic carbocycles. The third-order valence-electron chi connectivity index (χ3n) is 4.17. The van der Waals surface area contributed by atoms with Crippen LogP contribution in [0, 0.1) is 11.3 Å². The van der Waals surface area contributed by atoms with E-state index in [1.54, 1.807) is 0 Å². The first kappa shape index (κ1) is 15.0. The zero-order valence-corrected chi connectivity index (χ0v) is 12.3. The van der Waals surface area contributed by atoms with Crippen molar-refractivity contribution >= 4 is 0 Å². The minimum Gasteiger partial charge on any atom is -0.329 e. The lowest BCUT2D eigenvalue weighted by atomic mass is 9.86. The second-order valence-corrected chi connectivity index (χ2v) is 6.81. The summed E-state index contributed by atoms with van der Waals surface area (Å²) in [5, 5.41) is 0. The predicted octanol–water partition coefficient (Wildman–Crippen LogP) is 3.26. The van der Waals surface area contributed by atoms with Crippen LogP contribution in [0.25, 0.3) is 0 Å². The molecule has 1 aliphatic heterocycles. The summed E-state index contributed by atoms with van der Waals surface area (Å²) in [5.74, 6) is 0.836. The van der Waals surface area contributed by atoms with Gasteiger partial charge in [0.15, 0.2) is 0 Å². The lowest BCUT2D eigenvalue weighted by Crippen LogP contribution is -2.49. The van der Waals surface area contributed by atoms with Gasteiger partial charge in [0.2, 0.25) is 0 Å². The second kappa shape index (κ2) is 6.75. The molecule has 0 saturated carbocycles. The van der Waals surface area contributed by atoms with Gasteiger partial charge >= 0.3 is 0 Å². The molecule has 2 unspecified atom stereocenters. The standard InChI is InChI=1S/C15H32N2/c1-5-13-8-6-10-17(14(13)12-16)11-7-9-15(2,3)4/h13-14H,5-12,16H2,1-4H3. The monoisotopic (exact) mass is 240 g/mol. The molecule has 0 amide bonds. The van der Waals surface area contributed by atoms with Gasteiger partial charge in [0.05, 0.1) is 0 Å². The van der Waals surface area contributed by atoms with Crippen molar-refractivity contribution < 1.29 is 0 Å². The van der Waals surface area contributed by atoms with E-state index in [-0.39, 0.29) is 0 Å². The van der Waals surface area contributed by atoms with Gasteiger partial charge < -0.3 is 5.73 Å². The molecule has 0 spiro atoms. The molecule has 0 aromatic rings. The molecule has 17 heavy (non-hydrogen) atoms. The van der Waals surface area contributed by atoms with Crippen LogP contribution < -0.4 is 5.73 Å². The Bertz CT molecular complexity index is 207. The highest BCUT2D eigenvalue weighted by atomic mass is 15.2. The Hall–Kier alpha value is -0.0800. The van der Waals surface area contributed by atoms with E-state index < -0.39 is 0 Å². The molecule has 102 valence electrons. The smallest absolute Gasteiger partial charge is 0.0246 e. The summed E-state index contributed by atoms with van der Waals surface area (Å²) in [4.78, 5) is 2.66. The summed E-state index contributed by atoms with van der Waals surface area (Å²) >= 11 is 0. The Kier molecular flexibility index (Phi) is 5.94. The summed E-state index contributed by atoms with van der Waals surface area (Å²) in [7, 11) is 0. The van der Waals surface area contributed by atoms with Crippen molar-refractivity contribution in [3.05, 3.63) is 0 Å². The molecule has 1 fully saturated rings. The molecule has 2 N–H and O–H groups in total. The number of rotatable bonds is 5. The van der Waals surface area contributed by atoms with Crippen molar-refractivity contribution in [1.29, 1.82) is 0 Å². The molecule has 2 nitrogen and oxygen atoms in total. The largest absolute Gasteiger partial charge is 0.329 e. The summed E-state index contributed by atoms with van der Waals surface area (Å²) < 4.78 is 0. The molecule has 1 heterocycles. The predicted molar refractivity (Wildman–Crippen MR) is 76.1 cm³/mol. The van der Waals surface area contributed by atoms with E-state index in [4.69, 9.17) is 5.73 Å². The highest BCUT2D eigenvalue weighted by molar-refractivity contribution is 4.84. The van der Waals surface area contributed by atoms with E-state index in [0.29, 0.717) is 11.5 Å². The molecule has 1 rings (SSSR count). The van der Waals surface area contributed by atoms with Crippen molar-refractivity contribution in [2.45, 2.75) is 65.8 Å². The molecule has 0 aromatic heterocycles. The van der Waals surface area contributed by atoms with Gasteiger partial charge in [0.1, 0.15) is 0 Å². The zero-order chi connectivity index (χ0) is 12.9. The summed E-state index contributed by atoms with van der Waals surface area (Å²) in [5.41, 5.74) is 6.45. The van der Waals surface area contributed by atoms with Crippen LogP contribution in [0.4, 0.5) is 0 Å². The number of nitrogens with two attached hydrogens (primary N) is 1. The van der Waals surface area contributed by atoms with Crippen LogP contribution in [0.1, 0.15) is 59.8 Å². The van der Waals surface area contributed by atoms with Crippen LogP contribution in [0.3, 0.4) is 0 Å². The van der Waals surface area contributed by atoms with Crippen molar-refractivity contribution in [2.75, 3.05) is 19.6 Å². The minimum absolute atomic E-state index is 0.470. The Morgan fingerprint density at radius 2 is 2.00 bits per heavy atom. The molecule has 2 heteroatoms. The van der Waals surface area contributed by atoms with Crippen LogP contribution >= 0.6 is 0 Å². The van der Waals surface area contributed by atoms with Crippen LogP contribution in [0.15, 0.2) is 0 Å².